The maximum absolute atomic E-state index is 11.8. The van der Waals surface area contributed by atoms with Gasteiger partial charge in [-0.25, -0.2) is 4.98 Å². The summed E-state index contributed by atoms with van der Waals surface area (Å²) in [5.41, 5.74) is 9.35. The molecule has 5 heteroatoms. The van der Waals surface area contributed by atoms with Crippen LogP contribution in [0.15, 0.2) is 23.7 Å². The van der Waals surface area contributed by atoms with E-state index < -0.39 is 6.04 Å². The molecule has 1 unspecified atom stereocenters. The summed E-state index contributed by atoms with van der Waals surface area (Å²) in [6, 6.07) is 5.25. The number of hydrogen-bond donors (Lipinski definition) is 2. The highest BCUT2D eigenvalue weighted by Crippen LogP contribution is 2.21. The summed E-state index contributed by atoms with van der Waals surface area (Å²) in [7, 11) is 0. The second kappa shape index (κ2) is 5.93. The summed E-state index contributed by atoms with van der Waals surface area (Å²) in [4.78, 5) is 16.0. The number of nitrogens with zero attached hydrogens (tertiary/aromatic N) is 1. The first-order valence-electron chi connectivity index (χ1n) is 6.10. The second-order valence-electron chi connectivity index (χ2n) is 4.27. The molecular weight excluding hydrogens is 246 g/mol. The lowest BCUT2D eigenvalue weighted by molar-refractivity contribution is -0.117. The Morgan fingerprint density at radius 2 is 2.39 bits per heavy atom. The molecule has 2 aromatic rings. The molecule has 0 saturated heterocycles. The average molecular weight is 263 g/mol. The zero-order chi connectivity index (χ0) is 13.0. The molecule has 0 fully saturated rings. The second-order valence-corrected chi connectivity index (χ2v) is 5.16. The van der Waals surface area contributed by atoms with Gasteiger partial charge >= 0.3 is 0 Å². The molecule has 1 amide bonds. The standard InChI is InChI=1S/C13H17N3OS/c1-2-3-4-10(14)13(17)16-9-5-6-11-12(7-9)18-8-15-11/h5-8,10H,2-4,14H2,1H3,(H,16,17). The normalized spacial score (nSPS) is 12.6. The zero-order valence-electron chi connectivity index (χ0n) is 10.3. The molecule has 0 saturated carbocycles. The van der Waals surface area contributed by atoms with Gasteiger partial charge in [0.1, 0.15) is 0 Å². The summed E-state index contributed by atoms with van der Waals surface area (Å²) >= 11 is 1.56. The highest BCUT2D eigenvalue weighted by molar-refractivity contribution is 7.16. The lowest BCUT2D eigenvalue weighted by Gasteiger charge is -2.11. The van der Waals surface area contributed by atoms with Crippen LogP contribution in [0.25, 0.3) is 10.2 Å². The number of anilines is 1. The lowest BCUT2D eigenvalue weighted by atomic mass is 10.1. The Balaban J connectivity index is 2.01. The van der Waals surface area contributed by atoms with Crippen LogP contribution in [0.4, 0.5) is 5.69 Å². The Kier molecular flexibility index (Phi) is 4.28. The number of amides is 1. The van der Waals surface area contributed by atoms with Crippen LogP contribution >= 0.6 is 11.3 Å². The van der Waals surface area contributed by atoms with Crippen molar-refractivity contribution < 1.29 is 4.79 Å². The minimum absolute atomic E-state index is 0.118. The number of thiazole rings is 1. The van der Waals surface area contributed by atoms with E-state index in [1.54, 1.807) is 16.8 Å². The van der Waals surface area contributed by atoms with Gasteiger partial charge in [-0.2, -0.15) is 0 Å². The van der Waals surface area contributed by atoms with Crippen LogP contribution in [0.1, 0.15) is 26.2 Å². The number of benzene rings is 1. The number of carbonyl (C=O) groups excluding carboxylic acids is 1. The maximum Gasteiger partial charge on any atom is 0.241 e. The van der Waals surface area contributed by atoms with E-state index in [0.29, 0.717) is 0 Å². The minimum atomic E-state index is -0.429. The van der Waals surface area contributed by atoms with Crippen LogP contribution in [0.5, 0.6) is 0 Å². The van der Waals surface area contributed by atoms with Crippen molar-refractivity contribution >= 4 is 33.1 Å². The largest absolute Gasteiger partial charge is 0.325 e. The molecule has 0 spiro atoms. The SMILES string of the molecule is CCCCC(N)C(=O)Nc1ccc2ncsc2c1. The van der Waals surface area contributed by atoms with Gasteiger partial charge < -0.3 is 11.1 Å². The van der Waals surface area contributed by atoms with E-state index in [4.69, 9.17) is 5.73 Å². The van der Waals surface area contributed by atoms with Crippen molar-refractivity contribution in [1.29, 1.82) is 0 Å². The fraction of sp³-hybridized carbons (Fsp3) is 0.385. The first kappa shape index (κ1) is 13.0. The summed E-state index contributed by atoms with van der Waals surface area (Å²) < 4.78 is 1.06. The Morgan fingerprint density at radius 1 is 1.56 bits per heavy atom. The predicted molar refractivity (Wildman–Crippen MR) is 75.8 cm³/mol. The highest BCUT2D eigenvalue weighted by atomic mass is 32.1. The monoisotopic (exact) mass is 263 g/mol. The Bertz CT molecular complexity index is 538. The summed E-state index contributed by atoms with van der Waals surface area (Å²) in [5.74, 6) is -0.118. The number of unbranched alkanes of at least 4 members (excludes halogenated alkanes) is 1. The summed E-state index contributed by atoms with van der Waals surface area (Å²) in [5, 5.41) is 2.85. The molecule has 0 radical (unpaired) electrons. The molecule has 96 valence electrons. The molecule has 0 aliphatic heterocycles. The van der Waals surface area contributed by atoms with Crippen molar-refractivity contribution in [2.24, 2.45) is 5.73 Å². The van der Waals surface area contributed by atoms with Crippen molar-refractivity contribution in [3.05, 3.63) is 23.7 Å². The number of fused-ring (bicyclic) bond motifs is 1. The molecular formula is C13H17N3OS. The average Bonchev–Trinajstić information content (AvgIpc) is 2.83. The Labute approximate surface area is 110 Å². The molecule has 1 atom stereocenters. The molecule has 1 aromatic heterocycles. The van der Waals surface area contributed by atoms with Crippen LogP contribution in [0.3, 0.4) is 0 Å². The van der Waals surface area contributed by atoms with Crippen molar-refractivity contribution in [2.75, 3.05) is 5.32 Å². The van der Waals surface area contributed by atoms with E-state index in [1.165, 1.54) is 0 Å². The van der Waals surface area contributed by atoms with Crippen LogP contribution in [0, 0.1) is 0 Å². The molecule has 0 aliphatic rings. The van der Waals surface area contributed by atoms with Crippen molar-refractivity contribution in [3.63, 3.8) is 0 Å². The Hall–Kier alpha value is -1.46. The maximum atomic E-state index is 11.8. The predicted octanol–water partition coefficient (Wildman–Crippen LogP) is 2.75. The van der Waals surface area contributed by atoms with Crippen LogP contribution in [-0.2, 0) is 4.79 Å². The number of nitrogens with one attached hydrogen (secondary N) is 1. The fourth-order valence-corrected chi connectivity index (χ4v) is 2.44. The van der Waals surface area contributed by atoms with Crippen molar-refractivity contribution in [3.8, 4) is 0 Å². The van der Waals surface area contributed by atoms with Crippen molar-refractivity contribution in [2.45, 2.75) is 32.2 Å². The molecule has 0 aliphatic carbocycles. The number of rotatable bonds is 5. The smallest absolute Gasteiger partial charge is 0.241 e. The van der Waals surface area contributed by atoms with Gasteiger partial charge in [-0.05, 0) is 24.6 Å². The van der Waals surface area contributed by atoms with Crippen LogP contribution in [0.2, 0.25) is 0 Å². The van der Waals surface area contributed by atoms with Gasteiger partial charge in [-0.1, -0.05) is 19.8 Å². The van der Waals surface area contributed by atoms with Gasteiger partial charge in [-0.3, -0.25) is 4.79 Å². The molecule has 1 aromatic carbocycles. The van der Waals surface area contributed by atoms with Gasteiger partial charge in [0.05, 0.1) is 21.8 Å². The summed E-state index contributed by atoms with van der Waals surface area (Å²) in [6.45, 7) is 2.09. The number of nitrogens with two attached hydrogens (primary N) is 1. The van der Waals surface area contributed by atoms with E-state index in [2.05, 4.69) is 17.2 Å². The number of hydrogen-bond acceptors (Lipinski definition) is 4. The quantitative estimate of drug-likeness (QED) is 0.871. The van der Waals surface area contributed by atoms with E-state index in [1.807, 2.05) is 18.2 Å². The summed E-state index contributed by atoms with van der Waals surface area (Å²) in [6.07, 6.45) is 2.75. The van der Waals surface area contributed by atoms with Crippen LogP contribution < -0.4 is 11.1 Å². The van der Waals surface area contributed by atoms with E-state index >= 15 is 0 Å². The van der Waals surface area contributed by atoms with Gasteiger partial charge in [0.2, 0.25) is 5.91 Å². The third kappa shape index (κ3) is 3.05. The highest BCUT2D eigenvalue weighted by Gasteiger charge is 2.13. The van der Waals surface area contributed by atoms with E-state index in [-0.39, 0.29) is 5.91 Å². The van der Waals surface area contributed by atoms with Crippen LogP contribution in [-0.4, -0.2) is 16.9 Å². The van der Waals surface area contributed by atoms with E-state index in [0.717, 1.165) is 35.2 Å². The third-order valence-corrected chi connectivity index (χ3v) is 3.60. The Morgan fingerprint density at radius 3 is 3.17 bits per heavy atom. The lowest BCUT2D eigenvalue weighted by Crippen LogP contribution is -2.35. The van der Waals surface area contributed by atoms with Gasteiger partial charge in [0.15, 0.2) is 0 Å². The first-order chi connectivity index (χ1) is 8.70. The molecule has 2 rings (SSSR count). The third-order valence-electron chi connectivity index (χ3n) is 2.80. The van der Waals surface area contributed by atoms with Gasteiger partial charge in [0.25, 0.3) is 0 Å². The molecule has 3 N–H and O–H groups in total. The first-order valence-corrected chi connectivity index (χ1v) is 6.98. The molecule has 1 heterocycles. The fourth-order valence-electron chi connectivity index (χ4n) is 1.72. The van der Waals surface area contributed by atoms with Gasteiger partial charge in [-0.15, -0.1) is 11.3 Å². The molecule has 18 heavy (non-hydrogen) atoms. The van der Waals surface area contributed by atoms with Gasteiger partial charge in [0, 0.05) is 5.69 Å². The van der Waals surface area contributed by atoms with E-state index in [9.17, 15) is 4.79 Å². The number of aromatic nitrogens is 1. The number of carbonyl (C=O) groups is 1. The molecule has 4 nitrogen and oxygen atoms in total. The molecule has 0 bridgehead atoms. The minimum Gasteiger partial charge on any atom is -0.325 e. The zero-order valence-corrected chi connectivity index (χ0v) is 11.2. The van der Waals surface area contributed by atoms with Crippen molar-refractivity contribution in [1.82, 2.24) is 4.98 Å². The topological polar surface area (TPSA) is 68.0 Å².